The molecule has 1 rings (SSSR count). The Morgan fingerprint density at radius 1 is 1.09 bits per heavy atom. The Labute approximate surface area is 141 Å². The third-order valence-corrected chi connectivity index (χ3v) is 5.44. The van der Waals surface area contributed by atoms with Gasteiger partial charge in [0.2, 0.25) is 0 Å². The number of phenolic OH excluding ortho intramolecular Hbond substituents is 1. The first kappa shape index (κ1) is 19.2. The molecule has 0 radical (unpaired) electrons. The molecule has 5 heteroatoms. The molecule has 0 aliphatic heterocycles. The highest BCUT2D eigenvalue weighted by Crippen LogP contribution is 2.43. The second-order valence-corrected chi connectivity index (χ2v) is 9.66. The zero-order valence-corrected chi connectivity index (χ0v) is 16.1. The van der Waals surface area contributed by atoms with E-state index in [-0.39, 0.29) is 16.8 Å². The summed E-state index contributed by atoms with van der Waals surface area (Å²) in [7, 11) is 4.37. The molecule has 0 atom stereocenters. The van der Waals surface area contributed by atoms with Gasteiger partial charge in [-0.2, -0.15) is 0 Å². The summed E-state index contributed by atoms with van der Waals surface area (Å²) >= 11 is 0. The molecule has 0 spiro atoms. The van der Waals surface area contributed by atoms with Crippen molar-refractivity contribution in [3.8, 4) is 5.75 Å². The van der Waals surface area contributed by atoms with Gasteiger partial charge in [0.1, 0.15) is 11.5 Å². The molecule has 0 saturated carbocycles. The van der Waals surface area contributed by atoms with Crippen LogP contribution < -0.4 is 0 Å². The van der Waals surface area contributed by atoms with Crippen molar-refractivity contribution < 1.29 is 14.6 Å². The number of benzene rings is 1. The molecule has 0 aliphatic rings. The number of rotatable bonds is 4. The third-order valence-electron chi connectivity index (χ3n) is 3.26. The van der Waals surface area contributed by atoms with E-state index in [4.69, 9.17) is 0 Å². The van der Waals surface area contributed by atoms with E-state index in [1.165, 1.54) is 28.7 Å². The van der Waals surface area contributed by atoms with E-state index in [0.29, 0.717) is 11.5 Å². The Morgan fingerprint density at radius 2 is 1.55 bits per heavy atom. The minimum Gasteiger partial charge on any atom is -0.507 e. The van der Waals surface area contributed by atoms with Crippen molar-refractivity contribution in [1.82, 2.24) is 0 Å². The summed E-state index contributed by atoms with van der Waals surface area (Å²) in [6.45, 7) is 12.5. The van der Waals surface area contributed by atoms with E-state index in [2.05, 4.69) is 46.3 Å². The molecule has 1 aromatic carbocycles. The summed E-state index contributed by atoms with van der Waals surface area (Å²) in [6.07, 6.45) is 0. The monoisotopic (exact) mass is 342 g/mol. The highest BCUT2D eigenvalue weighted by atomic mass is 33.1. The summed E-state index contributed by atoms with van der Waals surface area (Å²) < 4.78 is 4.65. The maximum Gasteiger partial charge on any atom is 0.316 e. The lowest BCUT2D eigenvalue weighted by Crippen LogP contribution is -2.17. The molecular formula is C17H26O3S2. The first-order valence-corrected chi connectivity index (χ1v) is 9.53. The third kappa shape index (κ3) is 5.13. The van der Waals surface area contributed by atoms with Gasteiger partial charge in [0.05, 0.1) is 7.11 Å². The van der Waals surface area contributed by atoms with Gasteiger partial charge in [0.25, 0.3) is 0 Å². The number of esters is 1. The van der Waals surface area contributed by atoms with Crippen molar-refractivity contribution in [2.24, 2.45) is 0 Å². The van der Waals surface area contributed by atoms with Gasteiger partial charge in [-0.25, -0.2) is 0 Å². The van der Waals surface area contributed by atoms with Crippen LogP contribution in [0.2, 0.25) is 0 Å². The quantitative estimate of drug-likeness (QED) is 0.623. The van der Waals surface area contributed by atoms with Gasteiger partial charge in [-0.1, -0.05) is 63.1 Å². The maximum absolute atomic E-state index is 11.2. The number of phenols is 1. The standard InChI is InChI=1S/C17H26O3S2/c1-16(2,3)12-8-11(22-21-10-14(18)20-7)9-13(15(12)19)17(4,5)6/h8-9,19H,10H2,1-7H3. The van der Waals surface area contributed by atoms with Crippen LogP contribution in [0.1, 0.15) is 52.7 Å². The number of hydrogen-bond acceptors (Lipinski definition) is 5. The van der Waals surface area contributed by atoms with Crippen molar-refractivity contribution in [1.29, 1.82) is 0 Å². The number of ether oxygens (including phenoxy) is 1. The van der Waals surface area contributed by atoms with Crippen LogP contribution in [0, 0.1) is 0 Å². The van der Waals surface area contributed by atoms with Crippen LogP contribution >= 0.6 is 21.6 Å². The van der Waals surface area contributed by atoms with E-state index in [1.807, 2.05) is 12.1 Å². The van der Waals surface area contributed by atoms with E-state index in [9.17, 15) is 9.90 Å². The summed E-state index contributed by atoms with van der Waals surface area (Å²) in [5, 5.41) is 10.6. The molecule has 3 nitrogen and oxygen atoms in total. The van der Waals surface area contributed by atoms with Crippen molar-refractivity contribution in [3.05, 3.63) is 23.3 Å². The largest absolute Gasteiger partial charge is 0.507 e. The first-order valence-electron chi connectivity index (χ1n) is 7.21. The number of methoxy groups -OCH3 is 1. The Balaban J connectivity index is 3.16. The van der Waals surface area contributed by atoms with Crippen LogP contribution in [0.4, 0.5) is 0 Å². The SMILES string of the molecule is COC(=O)CSSc1cc(C(C)(C)C)c(O)c(C(C)(C)C)c1. The van der Waals surface area contributed by atoms with Crippen LogP contribution in [0.3, 0.4) is 0 Å². The molecule has 0 saturated heterocycles. The predicted octanol–water partition coefficient (Wildman–Crippen LogP) is 4.90. The normalized spacial score (nSPS) is 12.3. The smallest absolute Gasteiger partial charge is 0.316 e. The summed E-state index contributed by atoms with van der Waals surface area (Å²) in [6, 6.07) is 4.03. The highest BCUT2D eigenvalue weighted by molar-refractivity contribution is 8.76. The second-order valence-electron chi connectivity index (χ2n) is 7.29. The second kappa shape index (κ2) is 7.18. The molecule has 1 N–H and O–H groups in total. The first-order chi connectivity index (χ1) is 9.96. The Bertz CT molecular complexity index is 505. The molecule has 0 heterocycles. The number of hydrogen-bond donors (Lipinski definition) is 1. The molecule has 0 bridgehead atoms. The zero-order chi connectivity index (χ0) is 17.1. The summed E-state index contributed by atoms with van der Waals surface area (Å²) in [4.78, 5) is 12.3. The molecule has 0 unspecified atom stereocenters. The minimum absolute atomic E-state index is 0.145. The van der Waals surface area contributed by atoms with Crippen LogP contribution in [-0.4, -0.2) is 23.9 Å². The lowest BCUT2D eigenvalue weighted by Gasteiger charge is -2.28. The molecule has 1 aromatic rings. The fraction of sp³-hybridized carbons (Fsp3) is 0.588. The minimum atomic E-state index is -0.233. The lowest BCUT2D eigenvalue weighted by molar-refractivity contribution is -0.137. The Morgan fingerprint density at radius 3 is 1.91 bits per heavy atom. The van der Waals surface area contributed by atoms with Crippen molar-refractivity contribution in [2.75, 3.05) is 12.9 Å². The topological polar surface area (TPSA) is 46.5 Å². The average molecular weight is 343 g/mol. The summed E-state index contributed by atoms with van der Waals surface area (Å²) in [5.41, 5.74) is 1.57. The number of carbonyl (C=O) groups is 1. The van der Waals surface area contributed by atoms with Crippen LogP contribution in [0.15, 0.2) is 17.0 Å². The van der Waals surface area contributed by atoms with Crippen molar-refractivity contribution in [2.45, 2.75) is 57.3 Å². The van der Waals surface area contributed by atoms with Crippen molar-refractivity contribution >= 4 is 27.6 Å². The lowest BCUT2D eigenvalue weighted by atomic mass is 9.79. The van der Waals surface area contributed by atoms with Gasteiger partial charge in [0, 0.05) is 16.0 Å². The van der Waals surface area contributed by atoms with Crippen LogP contribution in [0.25, 0.3) is 0 Å². The van der Waals surface area contributed by atoms with Gasteiger partial charge in [0.15, 0.2) is 0 Å². The summed E-state index contributed by atoms with van der Waals surface area (Å²) in [5.74, 6) is 0.447. The fourth-order valence-corrected chi connectivity index (χ4v) is 3.91. The maximum atomic E-state index is 11.2. The van der Waals surface area contributed by atoms with E-state index >= 15 is 0 Å². The van der Waals surface area contributed by atoms with Crippen molar-refractivity contribution in [3.63, 3.8) is 0 Å². The van der Waals surface area contributed by atoms with Crippen LogP contribution in [0.5, 0.6) is 5.75 Å². The van der Waals surface area contributed by atoms with Gasteiger partial charge in [-0.3, -0.25) is 4.79 Å². The van der Waals surface area contributed by atoms with E-state index < -0.39 is 0 Å². The molecule has 0 aromatic heterocycles. The van der Waals surface area contributed by atoms with Gasteiger partial charge < -0.3 is 9.84 Å². The fourth-order valence-electron chi connectivity index (χ4n) is 2.00. The zero-order valence-electron chi connectivity index (χ0n) is 14.4. The molecule has 124 valence electrons. The molecule has 0 aliphatic carbocycles. The molecule has 0 fully saturated rings. The number of carbonyl (C=O) groups excluding carboxylic acids is 1. The Hall–Kier alpha value is -0.810. The van der Waals surface area contributed by atoms with Crippen LogP contribution in [-0.2, 0) is 20.4 Å². The molecular weight excluding hydrogens is 316 g/mol. The van der Waals surface area contributed by atoms with Gasteiger partial charge in [-0.05, 0) is 23.0 Å². The Kier molecular flexibility index (Phi) is 6.27. The van der Waals surface area contributed by atoms with E-state index in [1.54, 1.807) is 0 Å². The van der Waals surface area contributed by atoms with E-state index in [0.717, 1.165) is 16.0 Å². The number of aromatic hydroxyl groups is 1. The highest BCUT2D eigenvalue weighted by Gasteiger charge is 2.26. The van der Waals surface area contributed by atoms with Gasteiger partial charge in [-0.15, -0.1) is 0 Å². The van der Waals surface area contributed by atoms with Gasteiger partial charge >= 0.3 is 5.97 Å². The average Bonchev–Trinajstić information content (AvgIpc) is 2.37. The molecule has 0 amide bonds. The molecule has 22 heavy (non-hydrogen) atoms. The predicted molar refractivity (Wildman–Crippen MR) is 95.8 cm³/mol.